The van der Waals surface area contributed by atoms with Crippen LogP contribution in [0.2, 0.25) is 0 Å². The van der Waals surface area contributed by atoms with Gasteiger partial charge in [-0.2, -0.15) is 0 Å². The SMILES string of the molecule is O=C(Cc1c(F)ccc(Br)c1F)c1ccccc1Br. The third-order valence-corrected chi connectivity index (χ3v) is 3.95. The monoisotopic (exact) mass is 388 g/mol. The van der Waals surface area contributed by atoms with Crippen LogP contribution < -0.4 is 0 Å². The van der Waals surface area contributed by atoms with Crippen molar-refractivity contribution >= 4 is 37.6 Å². The summed E-state index contributed by atoms with van der Waals surface area (Å²) >= 11 is 6.22. The summed E-state index contributed by atoms with van der Waals surface area (Å²) in [7, 11) is 0. The number of Topliss-reactive ketones (excluding diaryl/α,β-unsaturated/α-hetero) is 1. The quantitative estimate of drug-likeness (QED) is 0.538. The Morgan fingerprint density at radius 2 is 1.68 bits per heavy atom. The van der Waals surface area contributed by atoms with Gasteiger partial charge >= 0.3 is 0 Å². The molecule has 0 atom stereocenters. The van der Waals surface area contributed by atoms with E-state index in [1.807, 2.05) is 0 Å². The fraction of sp³-hybridized carbons (Fsp3) is 0.0714. The van der Waals surface area contributed by atoms with Gasteiger partial charge in [-0.25, -0.2) is 8.78 Å². The maximum atomic E-state index is 13.8. The molecule has 0 unspecified atom stereocenters. The van der Waals surface area contributed by atoms with Gasteiger partial charge in [0.25, 0.3) is 0 Å². The van der Waals surface area contributed by atoms with Crippen LogP contribution in [-0.2, 0) is 6.42 Å². The van der Waals surface area contributed by atoms with Crippen LogP contribution in [0.4, 0.5) is 8.78 Å². The molecule has 1 nitrogen and oxygen atoms in total. The molecule has 0 fully saturated rings. The maximum absolute atomic E-state index is 13.8. The predicted molar refractivity (Wildman–Crippen MR) is 76.2 cm³/mol. The summed E-state index contributed by atoms with van der Waals surface area (Å²) in [5, 5.41) is 0. The standard InChI is InChI=1S/C14H8Br2F2O/c15-10-4-2-1-3-8(10)13(19)7-9-12(17)6-5-11(16)14(9)18/h1-6H,7H2. The van der Waals surface area contributed by atoms with E-state index in [9.17, 15) is 13.6 Å². The minimum atomic E-state index is -0.736. The van der Waals surface area contributed by atoms with Gasteiger partial charge in [0.15, 0.2) is 5.78 Å². The van der Waals surface area contributed by atoms with Gasteiger partial charge in [0.2, 0.25) is 0 Å². The molecule has 0 radical (unpaired) electrons. The molecule has 0 bridgehead atoms. The average Bonchev–Trinajstić information content (AvgIpc) is 2.39. The Morgan fingerprint density at radius 3 is 2.37 bits per heavy atom. The topological polar surface area (TPSA) is 17.1 Å². The fourth-order valence-electron chi connectivity index (χ4n) is 1.67. The van der Waals surface area contributed by atoms with Crippen molar-refractivity contribution in [1.82, 2.24) is 0 Å². The summed E-state index contributed by atoms with van der Waals surface area (Å²) in [5.41, 5.74) is 0.177. The second-order valence-corrected chi connectivity index (χ2v) is 5.61. The van der Waals surface area contributed by atoms with Crippen LogP contribution >= 0.6 is 31.9 Å². The molecule has 98 valence electrons. The highest BCUT2D eigenvalue weighted by molar-refractivity contribution is 9.10. The zero-order chi connectivity index (χ0) is 14.0. The van der Waals surface area contributed by atoms with Crippen molar-refractivity contribution in [2.75, 3.05) is 0 Å². The highest BCUT2D eigenvalue weighted by Gasteiger charge is 2.18. The molecular weight excluding hydrogens is 382 g/mol. The first-order valence-corrected chi connectivity index (χ1v) is 6.99. The van der Waals surface area contributed by atoms with E-state index in [1.54, 1.807) is 24.3 Å². The molecule has 5 heteroatoms. The van der Waals surface area contributed by atoms with Crippen molar-refractivity contribution in [1.29, 1.82) is 0 Å². The first kappa shape index (κ1) is 14.3. The molecule has 2 aromatic carbocycles. The van der Waals surface area contributed by atoms with Crippen LogP contribution in [0.25, 0.3) is 0 Å². The Labute approximate surface area is 125 Å². The van der Waals surface area contributed by atoms with Gasteiger partial charge < -0.3 is 0 Å². The van der Waals surface area contributed by atoms with E-state index >= 15 is 0 Å². The van der Waals surface area contributed by atoms with E-state index in [0.29, 0.717) is 10.0 Å². The molecule has 0 N–H and O–H groups in total. The second-order valence-electron chi connectivity index (χ2n) is 3.90. The molecule has 0 saturated carbocycles. The molecule has 0 amide bonds. The van der Waals surface area contributed by atoms with E-state index in [0.717, 1.165) is 6.07 Å². The number of hydrogen-bond donors (Lipinski definition) is 0. The first-order chi connectivity index (χ1) is 9.00. The van der Waals surface area contributed by atoms with Crippen molar-refractivity contribution in [3.05, 3.63) is 68.1 Å². The van der Waals surface area contributed by atoms with Crippen molar-refractivity contribution in [2.45, 2.75) is 6.42 Å². The lowest BCUT2D eigenvalue weighted by atomic mass is 10.0. The Morgan fingerprint density at radius 1 is 1.00 bits per heavy atom. The summed E-state index contributed by atoms with van der Waals surface area (Å²) in [4.78, 5) is 12.1. The first-order valence-electron chi connectivity index (χ1n) is 5.41. The van der Waals surface area contributed by atoms with Crippen LogP contribution in [-0.4, -0.2) is 5.78 Å². The van der Waals surface area contributed by atoms with Gasteiger partial charge in [-0.05, 0) is 34.1 Å². The summed E-state index contributed by atoms with van der Waals surface area (Å²) in [5.74, 6) is -1.80. The number of carbonyl (C=O) groups excluding carboxylic acids is 1. The van der Waals surface area contributed by atoms with Crippen LogP contribution in [0.1, 0.15) is 15.9 Å². The van der Waals surface area contributed by atoms with Gasteiger partial charge in [-0.1, -0.05) is 34.1 Å². The minimum absolute atomic E-state index is 0.142. The largest absolute Gasteiger partial charge is 0.294 e. The number of rotatable bonds is 3. The van der Waals surface area contributed by atoms with E-state index < -0.39 is 11.6 Å². The fourth-order valence-corrected chi connectivity index (χ4v) is 2.55. The predicted octanol–water partition coefficient (Wildman–Crippen LogP) is 4.92. The lowest BCUT2D eigenvalue weighted by Gasteiger charge is -2.07. The summed E-state index contributed by atoms with van der Waals surface area (Å²) in [6.45, 7) is 0. The van der Waals surface area contributed by atoms with E-state index in [1.165, 1.54) is 6.07 Å². The Kier molecular flexibility index (Phi) is 4.47. The molecule has 2 rings (SSSR count). The highest BCUT2D eigenvalue weighted by Crippen LogP contribution is 2.24. The highest BCUT2D eigenvalue weighted by atomic mass is 79.9. The molecule has 0 saturated heterocycles. The number of hydrogen-bond acceptors (Lipinski definition) is 1. The van der Waals surface area contributed by atoms with E-state index in [4.69, 9.17) is 0 Å². The minimum Gasteiger partial charge on any atom is -0.294 e. The molecular formula is C14H8Br2F2O. The van der Waals surface area contributed by atoms with Crippen molar-refractivity contribution in [3.8, 4) is 0 Å². The Balaban J connectivity index is 2.35. The van der Waals surface area contributed by atoms with E-state index in [-0.39, 0.29) is 22.2 Å². The van der Waals surface area contributed by atoms with Gasteiger partial charge in [0.05, 0.1) is 4.47 Å². The van der Waals surface area contributed by atoms with Gasteiger partial charge in [0, 0.05) is 22.0 Å². The molecule has 0 aromatic heterocycles. The van der Waals surface area contributed by atoms with E-state index in [2.05, 4.69) is 31.9 Å². The summed E-state index contributed by atoms with van der Waals surface area (Å²) in [6.07, 6.45) is -0.320. The number of halogens is 4. The maximum Gasteiger partial charge on any atom is 0.168 e. The molecule has 0 aliphatic carbocycles. The average molecular weight is 390 g/mol. The molecule has 0 heterocycles. The van der Waals surface area contributed by atoms with Gasteiger partial charge in [-0.15, -0.1) is 0 Å². The summed E-state index contributed by atoms with van der Waals surface area (Å²) < 4.78 is 28.1. The number of carbonyl (C=O) groups is 1. The van der Waals surface area contributed by atoms with Crippen LogP contribution in [0.15, 0.2) is 45.3 Å². The third-order valence-electron chi connectivity index (χ3n) is 2.65. The van der Waals surface area contributed by atoms with Crippen LogP contribution in [0.3, 0.4) is 0 Å². The molecule has 19 heavy (non-hydrogen) atoms. The normalized spacial score (nSPS) is 10.5. The molecule has 0 aliphatic rings. The Bertz CT molecular complexity index is 641. The Hall–Kier alpha value is -1.07. The molecule has 0 aliphatic heterocycles. The van der Waals surface area contributed by atoms with Gasteiger partial charge in [-0.3, -0.25) is 4.79 Å². The van der Waals surface area contributed by atoms with Crippen LogP contribution in [0.5, 0.6) is 0 Å². The molecule has 2 aromatic rings. The van der Waals surface area contributed by atoms with Crippen LogP contribution in [0, 0.1) is 11.6 Å². The lowest BCUT2D eigenvalue weighted by Crippen LogP contribution is -2.08. The van der Waals surface area contributed by atoms with Crippen molar-refractivity contribution in [2.24, 2.45) is 0 Å². The number of ketones is 1. The smallest absolute Gasteiger partial charge is 0.168 e. The van der Waals surface area contributed by atoms with Crippen molar-refractivity contribution < 1.29 is 13.6 Å². The van der Waals surface area contributed by atoms with Crippen molar-refractivity contribution in [3.63, 3.8) is 0 Å². The lowest BCUT2D eigenvalue weighted by molar-refractivity contribution is 0.0990. The summed E-state index contributed by atoms with van der Waals surface area (Å²) in [6, 6.07) is 9.20. The van der Waals surface area contributed by atoms with Gasteiger partial charge in [0.1, 0.15) is 11.6 Å². The molecule has 0 spiro atoms. The zero-order valence-electron chi connectivity index (χ0n) is 9.59. The number of benzene rings is 2. The zero-order valence-corrected chi connectivity index (χ0v) is 12.8. The second kappa shape index (κ2) is 5.92. The third kappa shape index (κ3) is 3.09.